The Morgan fingerprint density at radius 1 is 1.15 bits per heavy atom. The number of H-pyrrole nitrogens is 1. The molecule has 4 aromatic rings. The zero-order valence-electron chi connectivity index (χ0n) is 13.8. The molecule has 0 aliphatic carbocycles. The van der Waals surface area contributed by atoms with Gasteiger partial charge in [-0.3, -0.25) is 10.1 Å². The number of pyridine rings is 1. The number of hydrogen-bond donors (Lipinski definition) is 2. The quantitative estimate of drug-likeness (QED) is 0.503. The van der Waals surface area contributed by atoms with Crippen LogP contribution in [0.15, 0.2) is 57.8 Å². The van der Waals surface area contributed by atoms with Gasteiger partial charge in [-0.25, -0.2) is 0 Å². The van der Waals surface area contributed by atoms with Crippen LogP contribution in [0.3, 0.4) is 0 Å². The van der Waals surface area contributed by atoms with Crippen molar-refractivity contribution in [3.05, 3.63) is 64.5 Å². The minimum Gasteiger partial charge on any atom is -0.403 e. The summed E-state index contributed by atoms with van der Waals surface area (Å²) in [5.41, 5.74) is 3.94. The molecule has 27 heavy (non-hydrogen) atoms. The van der Waals surface area contributed by atoms with Crippen molar-refractivity contribution < 1.29 is 4.42 Å². The molecule has 0 radical (unpaired) electrons. The molecule has 0 fully saturated rings. The predicted molar refractivity (Wildman–Crippen MR) is 101 cm³/mol. The van der Waals surface area contributed by atoms with E-state index in [1.165, 1.54) is 0 Å². The lowest BCUT2D eigenvalue weighted by Crippen LogP contribution is -2.00. The summed E-state index contributed by atoms with van der Waals surface area (Å²) in [6, 6.07) is 11.6. The van der Waals surface area contributed by atoms with Crippen molar-refractivity contribution in [3.8, 4) is 28.8 Å². The SMILES string of the molecule is N#Cc1cccc(-c2[nH]ncc2CNc2nnc(-c3cncc(Br)c3)o2)c1. The third-order valence-electron chi connectivity index (χ3n) is 3.81. The van der Waals surface area contributed by atoms with Crippen molar-refractivity contribution in [3.63, 3.8) is 0 Å². The largest absolute Gasteiger partial charge is 0.403 e. The molecule has 0 amide bonds. The highest BCUT2D eigenvalue weighted by Gasteiger charge is 2.12. The maximum Gasteiger partial charge on any atom is 0.316 e. The van der Waals surface area contributed by atoms with Gasteiger partial charge < -0.3 is 9.73 Å². The lowest BCUT2D eigenvalue weighted by molar-refractivity contribution is 0.580. The van der Waals surface area contributed by atoms with Gasteiger partial charge in [0.1, 0.15) is 0 Å². The lowest BCUT2D eigenvalue weighted by Gasteiger charge is -2.04. The Hall–Kier alpha value is -3.51. The first-order chi connectivity index (χ1) is 13.2. The van der Waals surface area contributed by atoms with E-state index in [-0.39, 0.29) is 0 Å². The number of rotatable bonds is 5. The average molecular weight is 422 g/mol. The fraction of sp³-hybridized carbons (Fsp3) is 0.0556. The number of hydrogen-bond acceptors (Lipinski definition) is 7. The second-order valence-corrected chi connectivity index (χ2v) is 6.54. The summed E-state index contributed by atoms with van der Waals surface area (Å²) in [5, 5.41) is 27.3. The van der Waals surface area contributed by atoms with Gasteiger partial charge in [-0.1, -0.05) is 17.2 Å². The van der Waals surface area contributed by atoms with Gasteiger partial charge in [0.05, 0.1) is 29.1 Å². The van der Waals surface area contributed by atoms with Crippen LogP contribution < -0.4 is 5.32 Å². The molecule has 4 rings (SSSR count). The first kappa shape index (κ1) is 16.9. The van der Waals surface area contributed by atoms with E-state index in [9.17, 15) is 0 Å². The Bertz CT molecular complexity index is 1130. The second-order valence-electron chi connectivity index (χ2n) is 5.62. The third-order valence-corrected chi connectivity index (χ3v) is 4.24. The zero-order valence-corrected chi connectivity index (χ0v) is 15.4. The number of nitrogens with zero attached hydrogens (tertiary/aromatic N) is 5. The van der Waals surface area contributed by atoms with Crippen LogP contribution in [-0.2, 0) is 6.54 Å². The van der Waals surface area contributed by atoms with Crippen LogP contribution in [0.2, 0.25) is 0 Å². The summed E-state index contributed by atoms with van der Waals surface area (Å²) in [5.74, 6) is 0.375. The van der Waals surface area contributed by atoms with Crippen molar-refractivity contribution in [1.82, 2.24) is 25.4 Å². The summed E-state index contributed by atoms with van der Waals surface area (Å²) in [7, 11) is 0. The maximum absolute atomic E-state index is 9.07. The first-order valence-corrected chi connectivity index (χ1v) is 8.73. The summed E-state index contributed by atoms with van der Waals surface area (Å²) < 4.78 is 6.47. The molecule has 3 aromatic heterocycles. The normalized spacial score (nSPS) is 10.5. The van der Waals surface area contributed by atoms with E-state index in [4.69, 9.17) is 9.68 Å². The summed E-state index contributed by atoms with van der Waals surface area (Å²) in [4.78, 5) is 4.09. The number of benzene rings is 1. The Kier molecular flexibility index (Phi) is 4.63. The molecule has 0 saturated carbocycles. The Morgan fingerprint density at radius 3 is 2.93 bits per heavy atom. The second kappa shape index (κ2) is 7.39. The molecule has 132 valence electrons. The average Bonchev–Trinajstić information content (AvgIpc) is 3.36. The summed E-state index contributed by atoms with van der Waals surface area (Å²) >= 11 is 3.36. The molecule has 9 heteroatoms. The van der Waals surface area contributed by atoms with Gasteiger partial charge in [-0.05, 0) is 34.1 Å². The molecule has 0 saturated heterocycles. The highest BCUT2D eigenvalue weighted by molar-refractivity contribution is 9.10. The molecule has 0 bridgehead atoms. The highest BCUT2D eigenvalue weighted by atomic mass is 79.9. The number of halogens is 1. The highest BCUT2D eigenvalue weighted by Crippen LogP contribution is 2.24. The van der Waals surface area contributed by atoms with Crippen LogP contribution in [-0.4, -0.2) is 25.4 Å². The van der Waals surface area contributed by atoms with Crippen molar-refractivity contribution in [1.29, 1.82) is 5.26 Å². The van der Waals surface area contributed by atoms with Crippen LogP contribution in [0.5, 0.6) is 0 Å². The monoisotopic (exact) mass is 421 g/mol. The number of nitrogens with one attached hydrogen (secondary N) is 2. The van der Waals surface area contributed by atoms with Gasteiger partial charge in [-0.2, -0.15) is 10.4 Å². The van der Waals surface area contributed by atoms with Crippen LogP contribution in [0.4, 0.5) is 6.01 Å². The fourth-order valence-corrected chi connectivity index (χ4v) is 2.92. The third kappa shape index (κ3) is 3.70. The Labute approximate surface area is 162 Å². The van der Waals surface area contributed by atoms with E-state index >= 15 is 0 Å². The molecule has 0 spiro atoms. The molecule has 3 heterocycles. The standard InChI is InChI=1S/C18H12BrN7O/c19-15-5-13(7-21-10-15)17-25-26-18(27-17)22-8-14-9-23-24-16(14)12-3-1-2-11(4-12)6-20/h1-5,7,9-10H,8H2,(H,22,26)(H,23,24). The summed E-state index contributed by atoms with van der Waals surface area (Å²) in [6.45, 7) is 0.432. The lowest BCUT2D eigenvalue weighted by atomic mass is 10.1. The van der Waals surface area contributed by atoms with E-state index in [1.54, 1.807) is 24.7 Å². The Balaban J connectivity index is 1.51. The van der Waals surface area contributed by atoms with Crippen LogP contribution in [0.1, 0.15) is 11.1 Å². The number of anilines is 1. The van der Waals surface area contributed by atoms with E-state index in [0.717, 1.165) is 26.9 Å². The minimum atomic E-state index is 0.294. The number of aromatic amines is 1. The fourth-order valence-electron chi connectivity index (χ4n) is 2.55. The molecule has 8 nitrogen and oxygen atoms in total. The smallest absolute Gasteiger partial charge is 0.316 e. The van der Waals surface area contributed by atoms with Gasteiger partial charge in [0.15, 0.2) is 0 Å². The molecule has 0 unspecified atom stereocenters. The van der Waals surface area contributed by atoms with Gasteiger partial charge in [-0.15, -0.1) is 5.10 Å². The van der Waals surface area contributed by atoms with Crippen molar-refractivity contribution in [2.45, 2.75) is 6.54 Å². The zero-order chi connectivity index (χ0) is 18.6. The molecule has 2 N–H and O–H groups in total. The minimum absolute atomic E-state index is 0.294. The molecule has 0 atom stereocenters. The number of aromatic nitrogens is 5. The molecule has 0 aliphatic rings. The first-order valence-electron chi connectivity index (χ1n) is 7.94. The van der Waals surface area contributed by atoms with Crippen molar-refractivity contribution in [2.24, 2.45) is 0 Å². The van der Waals surface area contributed by atoms with Gasteiger partial charge >= 0.3 is 6.01 Å². The van der Waals surface area contributed by atoms with Crippen molar-refractivity contribution in [2.75, 3.05) is 5.32 Å². The molecular weight excluding hydrogens is 410 g/mol. The van der Waals surface area contributed by atoms with Gasteiger partial charge in [0.2, 0.25) is 0 Å². The van der Waals surface area contributed by atoms with E-state index in [1.807, 2.05) is 24.3 Å². The topological polar surface area (TPSA) is 116 Å². The number of nitriles is 1. The molecular formula is C18H12BrN7O. The summed E-state index contributed by atoms with van der Waals surface area (Å²) in [6.07, 6.45) is 5.05. The van der Waals surface area contributed by atoms with Gasteiger partial charge in [0.25, 0.3) is 5.89 Å². The van der Waals surface area contributed by atoms with Gasteiger partial charge in [0, 0.05) is 34.5 Å². The maximum atomic E-state index is 9.07. The van der Waals surface area contributed by atoms with E-state index in [2.05, 4.69) is 52.7 Å². The molecule has 1 aromatic carbocycles. The van der Waals surface area contributed by atoms with E-state index < -0.39 is 0 Å². The predicted octanol–water partition coefficient (Wildman–Crippen LogP) is 3.77. The van der Waals surface area contributed by atoms with E-state index in [0.29, 0.717) is 24.0 Å². The van der Waals surface area contributed by atoms with Crippen LogP contribution in [0.25, 0.3) is 22.7 Å². The van der Waals surface area contributed by atoms with Crippen LogP contribution in [0, 0.1) is 11.3 Å². The molecule has 0 aliphatic heterocycles. The van der Waals surface area contributed by atoms with Crippen LogP contribution >= 0.6 is 15.9 Å². The Morgan fingerprint density at radius 2 is 2.07 bits per heavy atom. The van der Waals surface area contributed by atoms with Crippen molar-refractivity contribution >= 4 is 21.9 Å².